The van der Waals surface area contributed by atoms with Gasteiger partial charge in [0, 0.05) is 12.2 Å². The van der Waals surface area contributed by atoms with E-state index in [9.17, 15) is 9.59 Å². The molecule has 5 heteroatoms. The van der Waals surface area contributed by atoms with Crippen LogP contribution in [0.2, 0.25) is 0 Å². The maximum Gasteiger partial charge on any atom is 0.317 e. The first-order valence-corrected chi connectivity index (χ1v) is 6.36. The molecule has 0 heterocycles. The van der Waals surface area contributed by atoms with Gasteiger partial charge in [-0.1, -0.05) is 31.0 Å². The van der Waals surface area contributed by atoms with Crippen molar-refractivity contribution in [3.63, 3.8) is 0 Å². The van der Waals surface area contributed by atoms with Gasteiger partial charge in [0.05, 0.1) is 0 Å². The van der Waals surface area contributed by atoms with Crippen LogP contribution in [-0.2, 0) is 9.59 Å². The van der Waals surface area contributed by atoms with Crippen molar-refractivity contribution in [1.82, 2.24) is 0 Å². The van der Waals surface area contributed by atoms with E-state index < -0.39 is 17.9 Å². The molecule has 0 saturated heterocycles. The molecule has 0 spiro atoms. The van der Waals surface area contributed by atoms with Crippen molar-refractivity contribution < 1.29 is 19.8 Å². The number of anilines is 1. The molecule has 0 saturated carbocycles. The van der Waals surface area contributed by atoms with Crippen molar-refractivity contribution >= 4 is 17.6 Å². The molecule has 0 atom stereocenters. The first kappa shape index (κ1) is 15.0. The lowest BCUT2D eigenvalue weighted by atomic mass is 10.0. The van der Waals surface area contributed by atoms with E-state index in [2.05, 4.69) is 5.32 Å². The van der Waals surface area contributed by atoms with Gasteiger partial charge in [-0.2, -0.15) is 0 Å². The number of para-hydroxylation sites is 1. The van der Waals surface area contributed by atoms with Crippen LogP contribution in [-0.4, -0.2) is 28.7 Å². The number of aliphatic carboxylic acids is 2. The van der Waals surface area contributed by atoms with Crippen LogP contribution >= 0.6 is 0 Å². The van der Waals surface area contributed by atoms with Gasteiger partial charge in [-0.15, -0.1) is 0 Å². The Bertz CT molecular complexity index is 391. The fraction of sp³-hybridized carbons (Fsp3) is 0.429. The van der Waals surface area contributed by atoms with Crippen LogP contribution in [0.4, 0.5) is 5.69 Å². The number of carbonyl (C=O) groups is 2. The van der Waals surface area contributed by atoms with Crippen molar-refractivity contribution in [3.05, 3.63) is 30.3 Å². The molecule has 0 aliphatic heterocycles. The van der Waals surface area contributed by atoms with E-state index in [0.717, 1.165) is 25.1 Å². The Balaban J connectivity index is 2.11. The van der Waals surface area contributed by atoms with Gasteiger partial charge in [-0.25, -0.2) is 0 Å². The van der Waals surface area contributed by atoms with Gasteiger partial charge in [0.1, 0.15) is 0 Å². The van der Waals surface area contributed by atoms with Gasteiger partial charge in [-0.3, -0.25) is 9.59 Å². The average Bonchev–Trinajstić information content (AvgIpc) is 2.38. The third-order valence-corrected chi connectivity index (χ3v) is 2.87. The summed E-state index contributed by atoms with van der Waals surface area (Å²) in [6.07, 6.45) is 2.51. The highest BCUT2D eigenvalue weighted by atomic mass is 16.4. The number of hydrogen-bond acceptors (Lipinski definition) is 3. The molecule has 0 bridgehead atoms. The molecule has 1 rings (SSSR count). The molecule has 0 aromatic heterocycles. The van der Waals surface area contributed by atoms with Gasteiger partial charge in [-0.05, 0) is 25.0 Å². The van der Waals surface area contributed by atoms with Gasteiger partial charge in [0.15, 0.2) is 5.92 Å². The lowest BCUT2D eigenvalue weighted by Crippen LogP contribution is -2.23. The predicted octanol–water partition coefficient (Wildman–Crippen LogP) is 2.44. The third-order valence-electron chi connectivity index (χ3n) is 2.87. The van der Waals surface area contributed by atoms with Crippen molar-refractivity contribution in [2.75, 3.05) is 11.9 Å². The molecule has 5 nitrogen and oxygen atoms in total. The molecule has 0 radical (unpaired) electrons. The quantitative estimate of drug-likeness (QED) is 0.471. The Morgan fingerprint density at radius 2 is 1.63 bits per heavy atom. The van der Waals surface area contributed by atoms with Crippen LogP contribution in [0.25, 0.3) is 0 Å². The van der Waals surface area contributed by atoms with Crippen LogP contribution in [0, 0.1) is 5.92 Å². The van der Waals surface area contributed by atoms with Crippen LogP contribution in [0.5, 0.6) is 0 Å². The monoisotopic (exact) mass is 265 g/mol. The molecule has 1 aromatic carbocycles. The van der Waals surface area contributed by atoms with E-state index in [-0.39, 0.29) is 6.42 Å². The van der Waals surface area contributed by atoms with Crippen molar-refractivity contribution in [3.8, 4) is 0 Å². The number of carboxylic acids is 2. The molecule has 0 aliphatic rings. The summed E-state index contributed by atoms with van der Waals surface area (Å²) in [5.41, 5.74) is 1.05. The second-order valence-corrected chi connectivity index (χ2v) is 4.37. The Kier molecular flexibility index (Phi) is 6.43. The summed E-state index contributed by atoms with van der Waals surface area (Å²) in [6.45, 7) is 0.800. The van der Waals surface area contributed by atoms with Crippen molar-refractivity contribution in [2.24, 2.45) is 5.92 Å². The summed E-state index contributed by atoms with van der Waals surface area (Å²) in [5, 5.41) is 20.6. The Labute approximate surface area is 112 Å². The minimum absolute atomic E-state index is 0.190. The highest BCUT2D eigenvalue weighted by molar-refractivity contribution is 5.92. The highest BCUT2D eigenvalue weighted by Gasteiger charge is 2.24. The maximum atomic E-state index is 10.7. The third kappa shape index (κ3) is 5.90. The number of unbranched alkanes of at least 4 members (excludes halogenated alkanes) is 2. The summed E-state index contributed by atoms with van der Waals surface area (Å²) < 4.78 is 0. The van der Waals surface area contributed by atoms with E-state index in [1.165, 1.54) is 0 Å². The largest absolute Gasteiger partial charge is 0.481 e. The number of benzene rings is 1. The second kappa shape index (κ2) is 8.13. The summed E-state index contributed by atoms with van der Waals surface area (Å²) in [5.74, 6) is -3.79. The SMILES string of the molecule is O=C(O)C(CCCCCNc1ccccc1)C(=O)O. The van der Waals surface area contributed by atoms with E-state index >= 15 is 0 Å². The molecular weight excluding hydrogens is 246 g/mol. The standard InChI is InChI=1S/C14H19NO4/c16-13(17)12(14(18)19)9-5-2-6-10-15-11-7-3-1-4-8-11/h1,3-4,7-8,12,15H,2,5-6,9-10H2,(H,16,17)(H,18,19). The van der Waals surface area contributed by atoms with Gasteiger partial charge in [0.25, 0.3) is 0 Å². The maximum absolute atomic E-state index is 10.7. The average molecular weight is 265 g/mol. The normalized spacial score (nSPS) is 10.4. The lowest BCUT2D eigenvalue weighted by Gasteiger charge is -2.08. The fourth-order valence-electron chi connectivity index (χ4n) is 1.79. The van der Waals surface area contributed by atoms with Gasteiger partial charge in [0.2, 0.25) is 0 Å². The van der Waals surface area contributed by atoms with Crippen LogP contribution < -0.4 is 5.32 Å². The predicted molar refractivity (Wildman–Crippen MR) is 72.2 cm³/mol. The first-order valence-electron chi connectivity index (χ1n) is 6.36. The Morgan fingerprint density at radius 3 is 2.21 bits per heavy atom. The fourth-order valence-corrected chi connectivity index (χ4v) is 1.79. The van der Waals surface area contributed by atoms with Gasteiger partial charge >= 0.3 is 11.9 Å². The molecular formula is C14H19NO4. The zero-order chi connectivity index (χ0) is 14.1. The molecule has 1 aromatic rings. The van der Waals surface area contributed by atoms with E-state index in [0.29, 0.717) is 6.42 Å². The van der Waals surface area contributed by atoms with Crippen LogP contribution in [0.3, 0.4) is 0 Å². The molecule has 0 aliphatic carbocycles. The molecule has 0 fully saturated rings. The molecule has 104 valence electrons. The topological polar surface area (TPSA) is 86.6 Å². The number of hydrogen-bond donors (Lipinski definition) is 3. The number of nitrogens with one attached hydrogen (secondary N) is 1. The summed E-state index contributed by atoms with van der Waals surface area (Å²) >= 11 is 0. The molecule has 19 heavy (non-hydrogen) atoms. The van der Waals surface area contributed by atoms with E-state index in [4.69, 9.17) is 10.2 Å². The van der Waals surface area contributed by atoms with Crippen LogP contribution in [0.1, 0.15) is 25.7 Å². The van der Waals surface area contributed by atoms with E-state index in [1.54, 1.807) is 0 Å². The first-order chi connectivity index (χ1) is 9.11. The smallest absolute Gasteiger partial charge is 0.317 e. The summed E-state index contributed by atoms with van der Waals surface area (Å²) in [4.78, 5) is 21.3. The summed E-state index contributed by atoms with van der Waals surface area (Å²) in [7, 11) is 0. The molecule has 3 N–H and O–H groups in total. The number of rotatable bonds is 9. The lowest BCUT2D eigenvalue weighted by molar-refractivity contribution is -0.154. The van der Waals surface area contributed by atoms with Crippen molar-refractivity contribution in [2.45, 2.75) is 25.7 Å². The number of carboxylic acid groups (broad SMARTS) is 2. The zero-order valence-electron chi connectivity index (χ0n) is 10.7. The highest BCUT2D eigenvalue weighted by Crippen LogP contribution is 2.11. The van der Waals surface area contributed by atoms with Crippen LogP contribution in [0.15, 0.2) is 30.3 Å². The van der Waals surface area contributed by atoms with Gasteiger partial charge < -0.3 is 15.5 Å². The summed E-state index contributed by atoms with van der Waals surface area (Å²) in [6, 6.07) is 9.80. The Hall–Kier alpha value is -2.04. The minimum atomic E-state index is -1.28. The Morgan fingerprint density at radius 1 is 1.00 bits per heavy atom. The zero-order valence-corrected chi connectivity index (χ0v) is 10.7. The molecule has 0 unspecified atom stereocenters. The molecule has 0 amide bonds. The second-order valence-electron chi connectivity index (χ2n) is 4.37. The van der Waals surface area contributed by atoms with E-state index in [1.807, 2.05) is 30.3 Å². The minimum Gasteiger partial charge on any atom is -0.481 e. The van der Waals surface area contributed by atoms with Crippen molar-refractivity contribution in [1.29, 1.82) is 0 Å².